The second kappa shape index (κ2) is 6.93. The van der Waals surface area contributed by atoms with Gasteiger partial charge in [0, 0.05) is 10.6 Å². The fraction of sp³-hybridized carbons (Fsp3) is 0.0625. The van der Waals surface area contributed by atoms with Gasteiger partial charge in [-0.2, -0.15) is 5.10 Å². The molecular formula is C16H13ClN4O2. The van der Waals surface area contributed by atoms with E-state index in [2.05, 4.69) is 21.1 Å². The van der Waals surface area contributed by atoms with Crippen molar-refractivity contribution in [1.29, 1.82) is 0 Å². The highest BCUT2D eigenvalue weighted by Crippen LogP contribution is 2.14. The molecule has 116 valence electrons. The smallest absolute Gasteiger partial charge is 0.278 e. The Balaban J connectivity index is 1.63. The molecule has 1 aliphatic heterocycles. The Labute approximate surface area is 137 Å². The van der Waals surface area contributed by atoms with E-state index in [1.54, 1.807) is 18.3 Å². The zero-order valence-corrected chi connectivity index (χ0v) is 12.7. The van der Waals surface area contributed by atoms with Crippen LogP contribution >= 0.6 is 11.6 Å². The number of anilines is 1. The molecule has 0 unspecified atom stereocenters. The van der Waals surface area contributed by atoms with Crippen LogP contribution in [-0.2, 0) is 9.53 Å². The minimum atomic E-state index is -0.260. The molecule has 0 radical (unpaired) electrons. The summed E-state index contributed by atoms with van der Waals surface area (Å²) in [4.78, 5) is 11.0. The average molecular weight is 329 g/mol. The molecule has 0 fully saturated rings. The SMILES string of the molecule is O=C1COC(c2ccc(/C=N/Nc3cccc(Cl)c3)cc2)=NN1. The van der Waals surface area contributed by atoms with Gasteiger partial charge in [0.25, 0.3) is 5.91 Å². The van der Waals surface area contributed by atoms with Crippen molar-refractivity contribution in [2.75, 3.05) is 12.0 Å². The first kappa shape index (κ1) is 15.1. The van der Waals surface area contributed by atoms with Crippen molar-refractivity contribution in [3.05, 3.63) is 64.7 Å². The fourth-order valence-electron chi connectivity index (χ4n) is 1.91. The lowest BCUT2D eigenvalue weighted by atomic mass is 10.1. The molecule has 0 spiro atoms. The average Bonchev–Trinajstić information content (AvgIpc) is 2.56. The topological polar surface area (TPSA) is 75.1 Å². The summed E-state index contributed by atoms with van der Waals surface area (Å²) in [5, 5.41) is 8.66. The second-order valence-corrected chi connectivity index (χ2v) is 5.18. The molecule has 2 aromatic carbocycles. The number of rotatable bonds is 4. The van der Waals surface area contributed by atoms with E-state index < -0.39 is 0 Å². The molecule has 0 bridgehead atoms. The first-order valence-electron chi connectivity index (χ1n) is 6.85. The van der Waals surface area contributed by atoms with Crippen LogP contribution in [-0.4, -0.2) is 24.6 Å². The van der Waals surface area contributed by atoms with E-state index in [1.807, 2.05) is 36.4 Å². The molecule has 0 saturated carbocycles. The molecule has 2 N–H and O–H groups in total. The lowest BCUT2D eigenvalue weighted by Crippen LogP contribution is -2.32. The van der Waals surface area contributed by atoms with Crippen molar-refractivity contribution >= 4 is 35.3 Å². The summed E-state index contributed by atoms with van der Waals surface area (Å²) in [7, 11) is 0. The number of amides is 1. The van der Waals surface area contributed by atoms with Crippen molar-refractivity contribution in [3.63, 3.8) is 0 Å². The normalized spacial score (nSPS) is 14.1. The van der Waals surface area contributed by atoms with Crippen LogP contribution in [0.4, 0.5) is 5.69 Å². The maximum Gasteiger partial charge on any atom is 0.278 e. The zero-order chi connectivity index (χ0) is 16.1. The number of carbonyl (C=O) groups excluding carboxylic acids is 1. The molecule has 1 amide bonds. The Morgan fingerprint density at radius 1 is 1.26 bits per heavy atom. The molecule has 23 heavy (non-hydrogen) atoms. The van der Waals surface area contributed by atoms with E-state index >= 15 is 0 Å². The number of ether oxygens (including phenoxy) is 1. The Morgan fingerprint density at radius 2 is 2.09 bits per heavy atom. The minimum Gasteiger partial charge on any atom is -0.466 e. The first-order chi connectivity index (χ1) is 11.2. The van der Waals surface area contributed by atoms with Gasteiger partial charge in [0.05, 0.1) is 11.9 Å². The third-order valence-electron chi connectivity index (χ3n) is 3.01. The van der Waals surface area contributed by atoms with Gasteiger partial charge < -0.3 is 4.74 Å². The molecule has 0 aromatic heterocycles. The number of nitrogens with one attached hydrogen (secondary N) is 2. The number of benzene rings is 2. The highest BCUT2D eigenvalue weighted by Gasteiger charge is 2.13. The van der Waals surface area contributed by atoms with Crippen molar-refractivity contribution in [2.24, 2.45) is 10.2 Å². The quantitative estimate of drug-likeness (QED) is 0.669. The number of hydrazone groups is 2. The molecule has 0 aliphatic carbocycles. The van der Waals surface area contributed by atoms with Crippen LogP contribution in [0.5, 0.6) is 0 Å². The van der Waals surface area contributed by atoms with E-state index in [0.717, 1.165) is 16.8 Å². The van der Waals surface area contributed by atoms with Crippen molar-refractivity contribution < 1.29 is 9.53 Å². The number of halogens is 1. The second-order valence-electron chi connectivity index (χ2n) is 4.74. The maximum atomic E-state index is 11.0. The third kappa shape index (κ3) is 4.08. The standard InChI is InChI=1S/C16H13ClN4O2/c17-13-2-1-3-14(8-13)19-18-9-11-4-6-12(7-5-11)16-21-20-15(22)10-23-16/h1-9,19H,10H2,(H,20,22)/b18-9+. The summed E-state index contributed by atoms with van der Waals surface area (Å²) >= 11 is 5.90. The number of nitrogens with zero attached hydrogens (tertiary/aromatic N) is 2. The van der Waals surface area contributed by atoms with Gasteiger partial charge in [0.1, 0.15) is 0 Å². The number of hydrogen-bond acceptors (Lipinski definition) is 5. The van der Waals surface area contributed by atoms with Gasteiger partial charge in [-0.05, 0) is 35.9 Å². The highest BCUT2D eigenvalue weighted by molar-refractivity contribution is 6.30. The summed E-state index contributed by atoms with van der Waals surface area (Å²) < 4.78 is 5.25. The third-order valence-corrected chi connectivity index (χ3v) is 3.25. The maximum absolute atomic E-state index is 11.0. The zero-order valence-electron chi connectivity index (χ0n) is 12.0. The van der Waals surface area contributed by atoms with Gasteiger partial charge >= 0.3 is 0 Å². The van der Waals surface area contributed by atoms with Crippen LogP contribution < -0.4 is 10.9 Å². The van der Waals surface area contributed by atoms with Gasteiger partial charge in [-0.15, -0.1) is 5.10 Å². The molecular weight excluding hydrogens is 316 g/mol. The predicted octanol–water partition coefficient (Wildman–Crippen LogP) is 2.59. The Bertz CT molecular complexity index is 772. The van der Waals surface area contributed by atoms with Crippen LogP contribution in [0, 0.1) is 0 Å². The van der Waals surface area contributed by atoms with Gasteiger partial charge in [-0.3, -0.25) is 10.2 Å². The van der Waals surface area contributed by atoms with Gasteiger partial charge in [-0.25, -0.2) is 5.43 Å². The number of hydrogen-bond donors (Lipinski definition) is 2. The van der Waals surface area contributed by atoms with Crippen molar-refractivity contribution in [3.8, 4) is 0 Å². The monoisotopic (exact) mass is 328 g/mol. The van der Waals surface area contributed by atoms with Crippen LogP contribution in [0.3, 0.4) is 0 Å². The predicted molar refractivity (Wildman–Crippen MR) is 89.7 cm³/mol. The van der Waals surface area contributed by atoms with Crippen LogP contribution in [0.15, 0.2) is 58.7 Å². The van der Waals surface area contributed by atoms with Crippen LogP contribution in [0.25, 0.3) is 0 Å². The summed E-state index contributed by atoms with van der Waals surface area (Å²) in [5.41, 5.74) is 7.78. The van der Waals surface area contributed by atoms with Crippen molar-refractivity contribution in [1.82, 2.24) is 5.43 Å². The molecule has 1 aliphatic rings. The molecule has 0 atom stereocenters. The first-order valence-corrected chi connectivity index (χ1v) is 7.23. The lowest BCUT2D eigenvalue weighted by molar-refractivity contribution is -0.124. The minimum absolute atomic E-state index is 0.0222. The molecule has 3 rings (SSSR count). The van der Waals surface area contributed by atoms with E-state index in [0.29, 0.717) is 10.9 Å². The van der Waals surface area contributed by atoms with E-state index in [-0.39, 0.29) is 12.5 Å². The van der Waals surface area contributed by atoms with Gasteiger partial charge in [-0.1, -0.05) is 29.8 Å². The number of carbonyl (C=O) groups is 1. The fourth-order valence-corrected chi connectivity index (χ4v) is 2.10. The lowest BCUT2D eigenvalue weighted by Gasteiger charge is -2.13. The Morgan fingerprint density at radius 3 is 2.78 bits per heavy atom. The van der Waals surface area contributed by atoms with E-state index in [9.17, 15) is 4.79 Å². The molecule has 1 heterocycles. The van der Waals surface area contributed by atoms with Crippen LogP contribution in [0.2, 0.25) is 5.02 Å². The van der Waals surface area contributed by atoms with E-state index in [4.69, 9.17) is 16.3 Å². The molecule has 0 saturated heterocycles. The molecule has 6 nitrogen and oxygen atoms in total. The summed E-state index contributed by atoms with van der Waals surface area (Å²) in [6.07, 6.45) is 1.69. The van der Waals surface area contributed by atoms with Crippen molar-refractivity contribution in [2.45, 2.75) is 0 Å². The largest absolute Gasteiger partial charge is 0.466 e. The summed E-state index contributed by atoms with van der Waals surface area (Å²) in [6.45, 7) is -0.0222. The Hall–Kier alpha value is -2.86. The van der Waals surface area contributed by atoms with Crippen LogP contribution in [0.1, 0.15) is 11.1 Å². The summed E-state index contributed by atoms with van der Waals surface area (Å²) in [6, 6.07) is 14.7. The van der Waals surface area contributed by atoms with E-state index in [1.165, 1.54) is 0 Å². The van der Waals surface area contributed by atoms with Gasteiger partial charge in [0.15, 0.2) is 6.61 Å². The summed E-state index contributed by atoms with van der Waals surface area (Å²) in [5.74, 6) is 0.134. The highest BCUT2D eigenvalue weighted by atomic mass is 35.5. The molecule has 7 heteroatoms. The molecule has 2 aromatic rings. The Kier molecular flexibility index (Phi) is 4.54. The van der Waals surface area contributed by atoms with Gasteiger partial charge in [0.2, 0.25) is 5.90 Å².